The van der Waals surface area contributed by atoms with Crippen LogP contribution in [0.1, 0.15) is 12.5 Å². The van der Waals surface area contributed by atoms with Crippen LogP contribution in [-0.4, -0.2) is 32.1 Å². The maximum atomic E-state index is 11.9. The summed E-state index contributed by atoms with van der Waals surface area (Å²) in [5.74, 6) is 0.104. The molecule has 0 fully saturated rings. The summed E-state index contributed by atoms with van der Waals surface area (Å²) < 4.78 is 10.5. The minimum Gasteiger partial charge on any atom is -0.497 e. The zero-order valence-corrected chi connectivity index (χ0v) is 14.4. The Labute approximate surface area is 147 Å². The zero-order chi connectivity index (χ0) is 18.1. The fourth-order valence-corrected chi connectivity index (χ4v) is 2.22. The molecule has 0 aliphatic carbocycles. The van der Waals surface area contributed by atoms with Crippen LogP contribution in [0.2, 0.25) is 0 Å². The molecule has 0 aliphatic rings. The summed E-state index contributed by atoms with van der Waals surface area (Å²) in [4.78, 5) is 23.7. The lowest BCUT2D eigenvalue weighted by Crippen LogP contribution is -2.36. The first-order valence-corrected chi connectivity index (χ1v) is 8.07. The highest BCUT2D eigenvalue weighted by Gasteiger charge is 2.13. The summed E-state index contributed by atoms with van der Waals surface area (Å²) in [6, 6.07) is 14.4. The number of hydrogen-bond donors (Lipinski definition) is 2. The van der Waals surface area contributed by atoms with Gasteiger partial charge in [-0.1, -0.05) is 12.1 Å². The van der Waals surface area contributed by atoms with Gasteiger partial charge in [-0.3, -0.25) is 9.59 Å². The number of nitrogens with one attached hydrogen (secondary N) is 2. The lowest BCUT2D eigenvalue weighted by Gasteiger charge is -2.08. The number of anilines is 1. The molecule has 2 rings (SSSR count). The molecular weight excluding hydrogens is 320 g/mol. The first kappa shape index (κ1) is 18.3. The van der Waals surface area contributed by atoms with Gasteiger partial charge >= 0.3 is 11.8 Å². The maximum Gasteiger partial charge on any atom is 0.313 e. The quantitative estimate of drug-likeness (QED) is 0.758. The number of benzene rings is 2. The SMILES string of the molecule is CCOc1ccc(NC(=O)C(=O)NCCc2cccc(OC)c2)cc1. The Morgan fingerprint density at radius 3 is 2.44 bits per heavy atom. The molecular formula is C19H22N2O4. The first-order valence-electron chi connectivity index (χ1n) is 8.07. The molecule has 2 N–H and O–H groups in total. The molecule has 0 heterocycles. The summed E-state index contributed by atoms with van der Waals surface area (Å²) in [6.07, 6.45) is 0.610. The van der Waals surface area contributed by atoms with Crippen LogP contribution >= 0.6 is 0 Å². The minimum absolute atomic E-state index is 0.364. The molecule has 0 spiro atoms. The van der Waals surface area contributed by atoms with Crippen LogP contribution in [0.4, 0.5) is 5.69 Å². The van der Waals surface area contributed by atoms with Gasteiger partial charge in [0.15, 0.2) is 0 Å². The molecule has 0 radical (unpaired) electrons. The van der Waals surface area contributed by atoms with E-state index in [-0.39, 0.29) is 0 Å². The average molecular weight is 342 g/mol. The molecule has 2 aromatic carbocycles. The lowest BCUT2D eigenvalue weighted by molar-refractivity contribution is -0.136. The fourth-order valence-electron chi connectivity index (χ4n) is 2.22. The van der Waals surface area contributed by atoms with E-state index in [1.165, 1.54) is 0 Å². The monoisotopic (exact) mass is 342 g/mol. The van der Waals surface area contributed by atoms with Gasteiger partial charge < -0.3 is 20.1 Å². The number of hydrogen-bond acceptors (Lipinski definition) is 4. The van der Waals surface area contributed by atoms with Crippen molar-refractivity contribution in [3.8, 4) is 11.5 Å². The van der Waals surface area contributed by atoms with E-state index in [0.29, 0.717) is 31.0 Å². The third kappa shape index (κ3) is 5.84. The van der Waals surface area contributed by atoms with Gasteiger partial charge in [-0.25, -0.2) is 0 Å². The van der Waals surface area contributed by atoms with Crippen molar-refractivity contribution >= 4 is 17.5 Å². The zero-order valence-electron chi connectivity index (χ0n) is 14.4. The highest BCUT2D eigenvalue weighted by molar-refractivity contribution is 6.39. The van der Waals surface area contributed by atoms with Crippen molar-refractivity contribution < 1.29 is 19.1 Å². The lowest BCUT2D eigenvalue weighted by atomic mass is 10.1. The highest BCUT2D eigenvalue weighted by atomic mass is 16.5. The summed E-state index contributed by atoms with van der Waals surface area (Å²) in [7, 11) is 1.60. The minimum atomic E-state index is -0.699. The molecule has 0 atom stereocenters. The number of amides is 2. The Kier molecular flexibility index (Phi) is 6.83. The fraction of sp³-hybridized carbons (Fsp3) is 0.263. The van der Waals surface area contributed by atoms with Gasteiger partial charge in [-0.05, 0) is 55.3 Å². The first-order chi connectivity index (χ1) is 12.1. The van der Waals surface area contributed by atoms with Crippen molar-refractivity contribution in [3.63, 3.8) is 0 Å². The molecule has 6 nitrogen and oxygen atoms in total. The predicted octanol–water partition coefficient (Wildman–Crippen LogP) is 2.39. The van der Waals surface area contributed by atoms with E-state index in [0.717, 1.165) is 11.3 Å². The number of methoxy groups -OCH3 is 1. The normalized spacial score (nSPS) is 10.0. The van der Waals surface area contributed by atoms with Crippen molar-refractivity contribution in [1.29, 1.82) is 0 Å². The predicted molar refractivity (Wildman–Crippen MR) is 95.9 cm³/mol. The van der Waals surface area contributed by atoms with E-state index in [1.807, 2.05) is 31.2 Å². The number of rotatable bonds is 7. The Bertz CT molecular complexity index is 714. The molecule has 6 heteroatoms. The van der Waals surface area contributed by atoms with Crippen LogP contribution in [0.3, 0.4) is 0 Å². The van der Waals surface area contributed by atoms with Crippen molar-refractivity contribution in [2.45, 2.75) is 13.3 Å². The van der Waals surface area contributed by atoms with E-state index < -0.39 is 11.8 Å². The molecule has 2 aromatic rings. The van der Waals surface area contributed by atoms with E-state index in [9.17, 15) is 9.59 Å². The van der Waals surface area contributed by atoms with Gasteiger partial charge in [0.1, 0.15) is 11.5 Å². The van der Waals surface area contributed by atoms with Crippen LogP contribution in [-0.2, 0) is 16.0 Å². The molecule has 2 amide bonds. The van der Waals surface area contributed by atoms with Gasteiger partial charge in [-0.2, -0.15) is 0 Å². The van der Waals surface area contributed by atoms with Crippen molar-refractivity contribution in [2.75, 3.05) is 25.6 Å². The van der Waals surface area contributed by atoms with Gasteiger partial charge in [0, 0.05) is 12.2 Å². The van der Waals surface area contributed by atoms with Crippen LogP contribution in [0.15, 0.2) is 48.5 Å². The topological polar surface area (TPSA) is 76.7 Å². The molecule has 0 aromatic heterocycles. The van der Waals surface area contributed by atoms with E-state index in [2.05, 4.69) is 10.6 Å². The third-order valence-corrected chi connectivity index (χ3v) is 3.46. The molecule has 0 aliphatic heterocycles. The molecule has 0 unspecified atom stereocenters. The van der Waals surface area contributed by atoms with Crippen LogP contribution in [0.5, 0.6) is 11.5 Å². The average Bonchev–Trinajstić information content (AvgIpc) is 2.63. The number of carbonyl (C=O) groups excluding carboxylic acids is 2. The summed E-state index contributed by atoms with van der Waals surface area (Å²) in [5, 5.41) is 5.16. The molecule has 0 saturated heterocycles. The standard InChI is InChI=1S/C19H22N2O4/c1-3-25-16-9-7-15(8-10-16)21-19(23)18(22)20-12-11-14-5-4-6-17(13-14)24-2/h4-10,13H,3,11-12H2,1-2H3,(H,20,22)(H,21,23). The summed E-state index contributed by atoms with van der Waals surface area (Å²) >= 11 is 0. The maximum absolute atomic E-state index is 11.9. The van der Waals surface area contributed by atoms with E-state index in [1.54, 1.807) is 31.4 Å². The Balaban J connectivity index is 1.78. The third-order valence-electron chi connectivity index (χ3n) is 3.46. The molecule has 0 saturated carbocycles. The molecule has 0 bridgehead atoms. The Morgan fingerprint density at radius 1 is 1.00 bits per heavy atom. The second-order valence-electron chi connectivity index (χ2n) is 5.27. The smallest absolute Gasteiger partial charge is 0.313 e. The van der Waals surface area contributed by atoms with Crippen molar-refractivity contribution in [1.82, 2.24) is 5.32 Å². The van der Waals surface area contributed by atoms with Crippen molar-refractivity contribution in [3.05, 3.63) is 54.1 Å². The van der Waals surface area contributed by atoms with Crippen LogP contribution < -0.4 is 20.1 Å². The van der Waals surface area contributed by atoms with Gasteiger partial charge in [-0.15, -0.1) is 0 Å². The summed E-state index contributed by atoms with van der Waals surface area (Å²) in [6.45, 7) is 2.83. The second kappa shape index (κ2) is 9.32. The van der Waals surface area contributed by atoms with Crippen LogP contribution in [0, 0.1) is 0 Å². The van der Waals surface area contributed by atoms with Gasteiger partial charge in [0.25, 0.3) is 0 Å². The molecule has 132 valence electrons. The van der Waals surface area contributed by atoms with Gasteiger partial charge in [0.05, 0.1) is 13.7 Å². The molecule has 25 heavy (non-hydrogen) atoms. The largest absolute Gasteiger partial charge is 0.497 e. The Hall–Kier alpha value is -3.02. The van der Waals surface area contributed by atoms with Gasteiger partial charge in [0.2, 0.25) is 0 Å². The van der Waals surface area contributed by atoms with Crippen LogP contribution in [0.25, 0.3) is 0 Å². The van der Waals surface area contributed by atoms with E-state index in [4.69, 9.17) is 9.47 Å². The summed E-state index contributed by atoms with van der Waals surface area (Å²) in [5.41, 5.74) is 1.56. The number of carbonyl (C=O) groups is 2. The second-order valence-corrected chi connectivity index (χ2v) is 5.27. The van der Waals surface area contributed by atoms with Crippen molar-refractivity contribution in [2.24, 2.45) is 0 Å². The van der Waals surface area contributed by atoms with E-state index >= 15 is 0 Å². The Morgan fingerprint density at radius 2 is 1.76 bits per heavy atom. The highest BCUT2D eigenvalue weighted by Crippen LogP contribution is 2.15. The number of ether oxygens (including phenoxy) is 2.